The highest BCUT2D eigenvalue weighted by atomic mass is 35.5. The van der Waals surface area contributed by atoms with Crippen molar-refractivity contribution >= 4 is 44.8 Å². The number of hydrogen-bond donors (Lipinski definition) is 1. The van der Waals surface area contributed by atoms with Gasteiger partial charge in [-0.1, -0.05) is 41.4 Å². The first-order valence-electron chi connectivity index (χ1n) is 8.44. The highest BCUT2D eigenvalue weighted by Gasteiger charge is 2.31. The third-order valence-electron chi connectivity index (χ3n) is 4.20. The Hall–Kier alpha value is -1.96. The fraction of sp³-hybridized carbons (Fsp3) is 0.316. The number of nitrogens with zero attached hydrogens (tertiary/aromatic N) is 1. The van der Waals surface area contributed by atoms with E-state index >= 15 is 0 Å². The molecule has 0 aromatic heterocycles. The Morgan fingerprint density at radius 3 is 2.39 bits per heavy atom. The zero-order valence-electron chi connectivity index (χ0n) is 15.9. The summed E-state index contributed by atoms with van der Waals surface area (Å²) in [6.07, 6.45) is 1.01. The van der Waals surface area contributed by atoms with Crippen LogP contribution in [-0.2, 0) is 14.8 Å². The first kappa shape index (κ1) is 22.3. The maximum atomic E-state index is 12.8. The summed E-state index contributed by atoms with van der Waals surface area (Å²) in [5.41, 5.74) is 0.918. The summed E-state index contributed by atoms with van der Waals surface area (Å²) in [6.45, 7) is 3.28. The van der Waals surface area contributed by atoms with Gasteiger partial charge in [-0.3, -0.25) is 9.10 Å². The molecule has 0 radical (unpaired) electrons. The molecule has 2 aromatic rings. The predicted octanol–water partition coefficient (Wildman–Crippen LogP) is 4.03. The van der Waals surface area contributed by atoms with Crippen molar-refractivity contribution in [2.24, 2.45) is 0 Å². The van der Waals surface area contributed by atoms with E-state index in [9.17, 15) is 13.2 Å². The molecule has 9 heteroatoms. The molecule has 0 saturated heterocycles. The van der Waals surface area contributed by atoms with Crippen LogP contribution in [-0.4, -0.2) is 33.7 Å². The van der Waals surface area contributed by atoms with Gasteiger partial charge >= 0.3 is 0 Å². The number of amides is 1. The van der Waals surface area contributed by atoms with Crippen LogP contribution in [0, 0.1) is 0 Å². The number of rotatable bonds is 7. The van der Waals surface area contributed by atoms with E-state index in [0.29, 0.717) is 10.8 Å². The Labute approximate surface area is 175 Å². The van der Waals surface area contributed by atoms with Crippen LogP contribution in [0.15, 0.2) is 42.5 Å². The molecule has 0 heterocycles. The second-order valence-electron chi connectivity index (χ2n) is 6.30. The first-order valence-corrected chi connectivity index (χ1v) is 11.0. The molecule has 0 aliphatic rings. The van der Waals surface area contributed by atoms with Gasteiger partial charge in [0.15, 0.2) is 0 Å². The first-order chi connectivity index (χ1) is 13.1. The van der Waals surface area contributed by atoms with Crippen molar-refractivity contribution in [1.82, 2.24) is 5.32 Å². The number of sulfonamides is 1. The molecule has 0 fully saturated rings. The van der Waals surface area contributed by atoms with Gasteiger partial charge in [0, 0.05) is 10.6 Å². The quantitative estimate of drug-likeness (QED) is 0.698. The summed E-state index contributed by atoms with van der Waals surface area (Å²) in [7, 11) is -2.27. The van der Waals surface area contributed by atoms with E-state index in [1.54, 1.807) is 26.2 Å². The Kier molecular flexibility index (Phi) is 7.20. The minimum absolute atomic E-state index is 0.143. The van der Waals surface area contributed by atoms with E-state index in [1.807, 2.05) is 18.2 Å². The van der Waals surface area contributed by atoms with Crippen molar-refractivity contribution in [3.05, 3.63) is 58.1 Å². The number of halogens is 2. The molecule has 0 aliphatic carbocycles. The van der Waals surface area contributed by atoms with Crippen LogP contribution < -0.4 is 14.4 Å². The van der Waals surface area contributed by atoms with Gasteiger partial charge in [0.25, 0.3) is 0 Å². The average Bonchev–Trinajstić information content (AvgIpc) is 2.63. The third-order valence-corrected chi connectivity index (χ3v) is 5.98. The fourth-order valence-electron chi connectivity index (χ4n) is 2.87. The molecule has 0 saturated carbocycles. The van der Waals surface area contributed by atoms with Crippen LogP contribution >= 0.6 is 23.2 Å². The number of para-hydroxylation sites is 1. The van der Waals surface area contributed by atoms with Gasteiger partial charge in [-0.15, -0.1) is 0 Å². The smallest absolute Gasteiger partial charge is 0.244 e. The monoisotopic (exact) mass is 444 g/mol. The summed E-state index contributed by atoms with van der Waals surface area (Å²) in [6, 6.07) is 10.3. The molecular weight excluding hydrogens is 423 g/mol. The van der Waals surface area contributed by atoms with Gasteiger partial charge in [-0.2, -0.15) is 0 Å². The van der Waals surface area contributed by atoms with E-state index in [-0.39, 0.29) is 10.7 Å². The third kappa shape index (κ3) is 5.10. The van der Waals surface area contributed by atoms with Crippen LogP contribution in [0.2, 0.25) is 10.0 Å². The highest BCUT2D eigenvalue weighted by Crippen LogP contribution is 2.32. The van der Waals surface area contributed by atoms with Crippen LogP contribution in [0.5, 0.6) is 5.75 Å². The van der Waals surface area contributed by atoms with Crippen molar-refractivity contribution in [2.75, 3.05) is 17.7 Å². The second-order valence-corrected chi connectivity index (χ2v) is 9.01. The zero-order chi connectivity index (χ0) is 21.1. The topological polar surface area (TPSA) is 75.7 Å². The number of methoxy groups -OCH3 is 1. The molecule has 2 rings (SSSR count). The summed E-state index contributed by atoms with van der Waals surface area (Å²) in [5.74, 6) is 0.140. The Bertz CT molecular complexity index is 966. The second kappa shape index (κ2) is 9.03. The zero-order valence-corrected chi connectivity index (χ0v) is 18.3. The van der Waals surface area contributed by atoms with Gasteiger partial charge in [0.2, 0.25) is 15.9 Å². The van der Waals surface area contributed by atoms with Crippen LogP contribution in [0.3, 0.4) is 0 Å². The van der Waals surface area contributed by atoms with Crippen LogP contribution in [0.4, 0.5) is 5.69 Å². The maximum absolute atomic E-state index is 12.8. The highest BCUT2D eigenvalue weighted by molar-refractivity contribution is 7.92. The van der Waals surface area contributed by atoms with E-state index in [0.717, 1.165) is 16.1 Å². The molecule has 0 spiro atoms. The van der Waals surface area contributed by atoms with Crippen molar-refractivity contribution in [2.45, 2.75) is 25.9 Å². The number of hydrogen-bond acceptors (Lipinski definition) is 4. The minimum Gasteiger partial charge on any atom is -0.496 e. The standard InChI is InChI=1S/C19H22Cl2N2O4S/c1-12(15-7-5-6-8-18(15)27-3)22-19(24)13(2)23(28(4,25)26)17-11-14(20)9-10-16(17)21/h5-13H,1-4H3,(H,22,24)/t12-,13-/m0/s1. The van der Waals surface area contributed by atoms with Gasteiger partial charge < -0.3 is 10.1 Å². The summed E-state index contributed by atoms with van der Waals surface area (Å²) >= 11 is 12.2. The molecule has 6 nitrogen and oxygen atoms in total. The SMILES string of the molecule is COc1ccccc1[C@H](C)NC(=O)[C@H](C)N(c1cc(Cl)ccc1Cl)S(C)(=O)=O. The number of carbonyl (C=O) groups is 1. The van der Waals surface area contributed by atoms with Crippen molar-refractivity contribution in [1.29, 1.82) is 0 Å². The lowest BCUT2D eigenvalue weighted by molar-refractivity contribution is -0.122. The summed E-state index contributed by atoms with van der Waals surface area (Å²) in [5, 5.41) is 3.31. The largest absolute Gasteiger partial charge is 0.496 e. The lowest BCUT2D eigenvalue weighted by Crippen LogP contribution is -2.48. The van der Waals surface area contributed by atoms with Crippen LogP contribution in [0.1, 0.15) is 25.5 Å². The molecular formula is C19H22Cl2N2O4S. The van der Waals surface area contributed by atoms with E-state index in [2.05, 4.69) is 5.32 Å². The van der Waals surface area contributed by atoms with Crippen molar-refractivity contribution < 1.29 is 17.9 Å². The molecule has 1 amide bonds. The minimum atomic E-state index is -3.81. The number of benzene rings is 2. The van der Waals surface area contributed by atoms with Crippen LogP contribution in [0.25, 0.3) is 0 Å². The number of anilines is 1. The molecule has 28 heavy (non-hydrogen) atoms. The Morgan fingerprint density at radius 1 is 1.14 bits per heavy atom. The summed E-state index contributed by atoms with van der Waals surface area (Å²) in [4.78, 5) is 12.8. The molecule has 152 valence electrons. The van der Waals surface area contributed by atoms with Gasteiger partial charge in [0.1, 0.15) is 11.8 Å². The van der Waals surface area contributed by atoms with Crippen molar-refractivity contribution in [3.63, 3.8) is 0 Å². The molecule has 2 aromatic carbocycles. The molecule has 0 aliphatic heterocycles. The Balaban J connectivity index is 2.33. The average molecular weight is 445 g/mol. The number of nitrogens with one attached hydrogen (secondary N) is 1. The maximum Gasteiger partial charge on any atom is 0.244 e. The van der Waals surface area contributed by atoms with Gasteiger partial charge in [0.05, 0.1) is 30.1 Å². The molecule has 2 atom stereocenters. The number of ether oxygens (including phenoxy) is 1. The molecule has 0 bridgehead atoms. The van der Waals surface area contributed by atoms with E-state index in [4.69, 9.17) is 27.9 Å². The van der Waals surface area contributed by atoms with E-state index in [1.165, 1.54) is 19.1 Å². The van der Waals surface area contributed by atoms with Crippen molar-refractivity contribution in [3.8, 4) is 5.75 Å². The van der Waals surface area contributed by atoms with Gasteiger partial charge in [-0.25, -0.2) is 8.42 Å². The Morgan fingerprint density at radius 2 is 1.79 bits per heavy atom. The fourth-order valence-corrected chi connectivity index (χ4v) is 4.48. The molecule has 0 unspecified atom stereocenters. The predicted molar refractivity (Wildman–Crippen MR) is 113 cm³/mol. The lowest BCUT2D eigenvalue weighted by atomic mass is 10.1. The normalized spacial score (nSPS) is 13.5. The lowest BCUT2D eigenvalue weighted by Gasteiger charge is -2.30. The van der Waals surface area contributed by atoms with E-state index < -0.39 is 28.0 Å². The van der Waals surface area contributed by atoms with Gasteiger partial charge in [-0.05, 0) is 38.1 Å². The number of carbonyl (C=O) groups excluding carboxylic acids is 1. The summed E-state index contributed by atoms with van der Waals surface area (Å²) < 4.78 is 31.1. The molecule has 1 N–H and O–H groups in total.